The maximum atomic E-state index is 13.6. The molecule has 0 aliphatic rings. The van der Waals surface area contributed by atoms with Crippen LogP contribution in [0.15, 0.2) is 48.8 Å². The number of aromatic nitrogens is 4. The molecule has 0 spiro atoms. The topological polar surface area (TPSA) is 81.1 Å². The monoisotopic (exact) mass is 402 g/mol. The molecule has 0 fully saturated rings. The van der Waals surface area contributed by atoms with Crippen LogP contribution in [0.5, 0.6) is 0 Å². The third-order valence-electron chi connectivity index (χ3n) is 4.28. The Labute approximate surface area is 162 Å². The summed E-state index contributed by atoms with van der Waals surface area (Å²) >= 11 is 0. The van der Waals surface area contributed by atoms with Crippen molar-refractivity contribution in [1.29, 1.82) is 0 Å². The van der Waals surface area contributed by atoms with Gasteiger partial charge in [0.05, 0.1) is 23.1 Å². The number of benzene rings is 1. The van der Waals surface area contributed by atoms with Gasteiger partial charge in [0.25, 0.3) is 0 Å². The Hall–Kier alpha value is -3.69. The average molecular weight is 402 g/mol. The highest BCUT2D eigenvalue weighted by atomic mass is 19.4. The van der Waals surface area contributed by atoms with E-state index in [1.807, 2.05) is 0 Å². The predicted octanol–water partition coefficient (Wildman–Crippen LogP) is 4.58. The van der Waals surface area contributed by atoms with E-state index < -0.39 is 17.6 Å². The van der Waals surface area contributed by atoms with Gasteiger partial charge in [0, 0.05) is 11.9 Å². The van der Waals surface area contributed by atoms with E-state index in [9.17, 15) is 17.6 Å². The minimum absolute atomic E-state index is 0.0839. The molecule has 0 amide bonds. The number of hydrogen-bond donors (Lipinski definition) is 2. The maximum absolute atomic E-state index is 13.6. The lowest BCUT2D eigenvalue weighted by atomic mass is 10.2. The fourth-order valence-electron chi connectivity index (χ4n) is 2.91. The van der Waals surface area contributed by atoms with Crippen molar-refractivity contribution in [1.82, 2.24) is 19.4 Å². The summed E-state index contributed by atoms with van der Waals surface area (Å²) in [4.78, 5) is 12.9. The highest BCUT2D eigenvalue weighted by Crippen LogP contribution is 2.31. The molecule has 29 heavy (non-hydrogen) atoms. The molecule has 1 aromatic carbocycles. The molecule has 10 heteroatoms. The number of pyridine rings is 1. The quantitative estimate of drug-likeness (QED) is 0.490. The second-order valence-corrected chi connectivity index (χ2v) is 6.31. The first kappa shape index (κ1) is 18.7. The third-order valence-corrected chi connectivity index (χ3v) is 4.28. The van der Waals surface area contributed by atoms with Crippen molar-refractivity contribution in [2.24, 2.45) is 0 Å². The molecule has 0 saturated heterocycles. The number of fused-ring (bicyclic) bond motifs is 1. The van der Waals surface area contributed by atoms with Crippen LogP contribution >= 0.6 is 0 Å². The fraction of sp³-hybridized carbons (Fsp3) is 0.105. The van der Waals surface area contributed by atoms with Crippen LogP contribution in [-0.2, 0) is 6.18 Å². The van der Waals surface area contributed by atoms with Crippen molar-refractivity contribution in [2.75, 3.05) is 11.1 Å². The molecule has 0 aliphatic heterocycles. The zero-order valence-electron chi connectivity index (χ0n) is 15.0. The number of nitrogens with two attached hydrogens (primary N) is 1. The van der Waals surface area contributed by atoms with Crippen LogP contribution in [0, 0.1) is 12.7 Å². The first-order valence-corrected chi connectivity index (χ1v) is 8.44. The summed E-state index contributed by atoms with van der Waals surface area (Å²) in [6.07, 6.45) is -1.72. The fourth-order valence-corrected chi connectivity index (χ4v) is 2.91. The summed E-state index contributed by atoms with van der Waals surface area (Å²) in [5.41, 5.74) is 7.60. The van der Waals surface area contributed by atoms with E-state index in [1.165, 1.54) is 41.1 Å². The van der Waals surface area contributed by atoms with Gasteiger partial charge in [-0.15, -0.1) is 0 Å². The second-order valence-electron chi connectivity index (χ2n) is 6.31. The minimum atomic E-state index is -4.41. The lowest BCUT2D eigenvalue weighted by Crippen LogP contribution is -2.05. The van der Waals surface area contributed by atoms with Gasteiger partial charge in [0.1, 0.15) is 17.2 Å². The van der Waals surface area contributed by atoms with Gasteiger partial charge in [-0.25, -0.2) is 19.3 Å². The third kappa shape index (κ3) is 3.56. The second kappa shape index (κ2) is 6.73. The standard InChI is InChI=1S/C19H14F4N6/c1-10-16(29-9-12(20)4-7-15(29)26-10)18-25-8-14(17(24)28-18)27-13-5-2-11(3-6-13)19(21,22)23/h2-9,27H,1H3,(H2,24,25,28). The SMILES string of the molecule is Cc1nc2ccc(F)cn2c1-c1ncc(Nc2ccc(C(F)(F)F)cc2)c(N)n1. The van der Waals surface area contributed by atoms with Gasteiger partial charge in [0.2, 0.25) is 0 Å². The van der Waals surface area contributed by atoms with E-state index in [0.717, 1.165) is 12.1 Å². The van der Waals surface area contributed by atoms with Crippen molar-refractivity contribution in [2.45, 2.75) is 13.1 Å². The summed E-state index contributed by atoms with van der Waals surface area (Å²) in [6, 6.07) is 7.34. The van der Waals surface area contributed by atoms with E-state index in [1.54, 1.807) is 6.92 Å². The number of halogens is 4. The van der Waals surface area contributed by atoms with Crippen LogP contribution in [0.1, 0.15) is 11.3 Å². The Morgan fingerprint density at radius 2 is 1.76 bits per heavy atom. The van der Waals surface area contributed by atoms with E-state index in [4.69, 9.17) is 5.73 Å². The van der Waals surface area contributed by atoms with Gasteiger partial charge < -0.3 is 11.1 Å². The van der Waals surface area contributed by atoms with Gasteiger partial charge in [0.15, 0.2) is 11.6 Å². The van der Waals surface area contributed by atoms with E-state index in [2.05, 4.69) is 20.3 Å². The van der Waals surface area contributed by atoms with Crippen molar-refractivity contribution in [3.8, 4) is 11.5 Å². The largest absolute Gasteiger partial charge is 0.416 e. The van der Waals surface area contributed by atoms with Crippen LogP contribution in [0.4, 0.5) is 34.8 Å². The Balaban J connectivity index is 1.65. The van der Waals surface area contributed by atoms with Crippen LogP contribution in [-0.4, -0.2) is 19.4 Å². The molecule has 3 heterocycles. The molecule has 148 valence electrons. The normalized spacial score (nSPS) is 11.8. The Bertz CT molecular complexity index is 1200. The molecule has 0 unspecified atom stereocenters. The van der Waals surface area contributed by atoms with Crippen LogP contribution in [0.3, 0.4) is 0 Å². The molecule has 0 atom stereocenters. The van der Waals surface area contributed by atoms with Gasteiger partial charge in [-0.05, 0) is 43.3 Å². The van der Waals surface area contributed by atoms with Crippen LogP contribution in [0.2, 0.25) is 0 Å². The first-order chi connectivity index (χ1) is 13.7. The summed E-state index contributed by atoms with van der Waals surface area (Å²) in [5.74, 6) is -0.110. The lowest BCUT2D eigenvalue weighted by molar-refractivity contribution is -0.137. The number of nitrogens with zero attached hydrogens (tertiary/aromatic N) is 4. The first-order valence-electron chi connectivity index (χ1n) is 8.44. The smallest absolute Gasteiger partial charge is 0.382 e. The Kier molecular flexibility index (Phi) is 4.33. The zero-order chi connectivity index (χ0) is 20.8. The molecule has 4 rings (SSSR count). The lowest BCUT2D eigenvalue weighted by Gasteiger charge is -2.11. The van der Waals surface area contributed by atoms with Gasteiger partial charge in [-0.2, -0.15) is 13.2 Å². The number of alkyl halides is 3. The summed E-state index contributed by atoms with van der Waals surface area (Å²) in [6.45, 7) is 1.74. The predicted molar refractivity (Wildman–Crippen MR) is 100 cm³/mol. The van der Waals surface area contributed by atoms with Crippen LogP contribution < -0.4 is 11.1 Å². The summed E-state index contributed by atoms with van der Waals surface area (Å²) < 4.78 is 53.2. The molecule has 0 saturated carbocycles. The number of rotatable bonds is 3. The molecule has 0 bridgehead atoms. The maximum Gasteiger partial charge on any atom is 0.416 e. The molecular weight excluding hydrogens is 388 g/mol. The molecule has 0 aliphatic carbocycles. The van der Waals surface area contributed by atoms with Crippen LogP contribution in [0.25, 0.3) is 17.2 Å². The zero-order valence-corrected chi connectivity index (χ0v) is 15.0. The number of imidazole rings is 1. The Morgan fingerprint density at radius 3 is 2.41 bits per heavy atom. The Morgan fingerprint density at radius 1 is 1.03 bits per heavy atom. The summed E-state index contributed by atoms with van der Waals surface area (Å²) in [5, 5.41) is 2.88. The number of aryl methyl sites for hydroxylation is 1. The van der Waals surface area contributed by atoms with Gasteiger partial charge in [-0.1, -0.05) is 0 Å². The van der Waals surface area contributed by atoms with Crippen molar-refractivity contribution < 1.29 is 17.6 Å². The number of hydrogen-bond acceptors (Lipinski definition) is 5. The molecule has 4 aromatic rings. The molecular formula is C19H14F4N6. The number of anilines is 3. The molecule has 3 aromatic heterocycles. The minimum Gasteiger partial charge on any atom is -0.382 e. The van der Waals surface area contributed by atoms with Gasteiger partial charge in [-0.3, -0.25) is 4.40 Å². The van der Waals surface area contributed by atoms with Crippen molar-refractivity contribution >= 4 is 22.8 Å². The number of nitrogen functional groups attached to an aromatic ring is 1. The highest BCUT2D eigenvalue weighted by Gasteiger charge is 2.30. The summed E-state index contributed by atoms with van der Waals surface area (Å²) in [7, 11) is 0. The average Bonchev–Trinajstić information content (AvgIpc) is 2.98. The van der Waals surface area contributed by atoms with E-state index in [-0.39, 0.29) is 11.6 Å². The molecule has 3 N–H and O–H groups in total. The van der Waals surface area contributed by atoms with E-state index >= 15 is 0 Å². The van der Waals surface area contributed by atoms with Crippen molar-refractivity contribution in [3.05, 3.63) is 65.9 Å². The highest BCUT2D eigenvalue weighted by molar-refractivity contribution is 5.72. The number of nitrogens with one attached hydrogen (secondary N) is 1. The van der Waals surface area contributed by atoms with E-state index in [0.29, 0.717) is 28.4 Å². The molecule has 0 radical (unpaired) electrons. The van der Waals surface area contributed by atoms with Crippen molar-refractivity contribution in [3.63, 3.8) is 0 Å². The molecule has 6 nitrogen and oxygen atoms in total. The van der Waals surface area contributed by atoms with Gasteiger partial charge >= 0.3 is 6.18 Å².